The summed E-state index contributed by atoms with van der Waals surface area (Å²) in [5, 5.41) is 1.25. The molecular weight excluding hydrogens is 208 g/mol. The molecule has 2 heterocycles. The first-order valence-corrected chi connectivity index (χ1v) is 5.58. The van der Waals surface area contributed by atoms with Gasteiger partial charge in [-0.05, 0) is 29.9 Å². The predicted molar refractivity (Wildman–Crippen MR) is 73.9 cm³/mol. The molecule has 0 aliphatic carbocycles. The maximum Gasteiger partial charge on any atom is 0.0594 e. The molecule has 0 fully saturated rings. The van der Waals surface area contributed by atoms with Crippen molar-refractivity contribution in [1.29, 1.82) is 0 Å². The number of rotatable bonds is 0. The van der Waals surface area contributed by atoms with Crippen molar-refractivity contribution in [3.8, 4) is 0 Å². The lowest BCUT2D eigenvalue weighted by Crippen LogP contribution is -1.86. The molecule has 0 radical (unpaired) electrons. The maximum absolute atomic E-state index is 4.13. The van der Waals surface area contributed by atoms with E-state index < -0.39 is 0 Å². The second-order valence-electron chi connectivity index (χ2n) is 3.85. The van der Waals surface area contributed by atoms with Gasteiger partial charge in [-0.25, -0.2) is 0 Å². The summed E-state index contributed by atoms with van der Waals surface area (Å²) in [4.78, 5) is 4.13. The lowest BCUT2D eigenvalue weighted by atomic mass is 10.1. The molecule has 0 bridgehead atoms. The van der Waals surface area contributed by atoms with Crippen LogP contribution < -0.4 is 0 Å². The molecule has 2 heteroatoms. The lowest BCUT2D eigenvalue weighted by molar-refractivity contribution is 1.22. The Balaban J connectivity index is 2.30. The zero-order chi connectivity index (χ0) is 11.5. The van der Waals surface area contributed by atoms with Gasteiger partial charge in [0.2, 0.25) is 0 Å². The largest absolute Gasteiger partial charge is 0.323 e. The third kappa shape index (κ3) is 1.85. The van der Waals surface area contributed by atoms with E-state index in [1.807, 2.05) is 24.4 Å². The molecular formula is C15H12N2. The van der Waals surface area contributed by atoms with Crippen LogP contribution in [-0.4, -0.2) is 10.8 Å². The van der Waals surface area contributed by atoms with Gasteiger partial charge in [-0.1, -0.05) is 24.3 Å². The van der Waals surface area contributed by atoms with Crippen LogP contribution in [0.15, 0.2) is 59.9 Å². The molecule has 2 aromatic rings. The third-order valence-corrected chi connectivity index (χ3v) is 2.75. The molecule has 1 aliphatic rings. The van der Waals surface area contributed by atoms with E-state index in [0.29, 0.717) is 0 Å². The summed E-state index contributed by atoms with van der Waals surface area (Å²) >= 11 is 0. The van der Waals surface area contributed by atoms with E-state index in [2.05, 4.69) is 46.1 Å². The second-order valence-corrected chi connectivity index (χ2v) is 3.85. The third-order valence-electron chi connectivity index (χ3n) is 2.75. The Labute approximate surface area is 99.9 Å². The molecule has 17 heavy (non-hydrogen) atoms. The molecule has 1 aromatic heterocycles. The van der Waals surface area contributed by atoms with Crippen molar-refractivity contribution in [2.75, 3.05) is 0 Å². The highest BCUT2D eigenvalue weighted by molar-refractivity contribution is 5.92. The summed E-state index contributed by atoms with van der Waals surface area (Å²) in [5.74, 6) is 0. The number of hydrogen-bond acceptors (Lipinski definition) is 1. The maximum atomic E-state index is 4.13. The van der Waals surface area contributed by atoms with Crippen LogP contribution in [0, 0.1) is 0 Å². The van der Waals surface area contributed by atoms with E-state index in [1.54, 1.807) is 12.4 Å². The van der Waals surface area contributed by atoms with Gasteiger partial charge in [0.1, 0.15) is 0 Å². The van der Waals surface area contributed by atoms with Crippen LogP contribution in [0.25, 0.3) is 23.2 Å². The average molecular weight is 220 g/mol. The zero-order valence-corrected chi connectivity index (χ0v) is 9.32. The summed E-state index contributed by atoms with van der Waals surface area (Å²) in [6.07, 6.45) is 15.6. The van der Waals surface area contributed by atoms with Gasteiger partial charge in [0.25, 0.3) is 0 Å². The molecule has 0 atom stereocenters. The van der Waals surface area contributed by atoms with Crippen molar-refractivity contribution < 1.29 is 0 Å². The van der Waals surface area contributed by atoms with E-state index in [9.17, 15) is 0 Å². The topological polar surface area (TPSA) is 17.3 Å². The van der Waals surface area contributed by atoms with E-state index in [0.717, 1.165) is 0 Å². The molecule has 0 saturated carbocycles. The molecule has 0 saturated heterocycles. The summed E-state index contributed by atoms with van der Waals surface area (Å²) < 4.78 is 2.13. The number of para-hydroxylation sites is 1. The van der Waals surface area contributed by atoms with E-state index >= 15 is 0 Å². The van der Waals surface area contributed by atoms with Crippen LogP contribution >= 0.6 is 0 Å². The Morgan fingerprint density at radius 1 is 1.00 bits per heavy atom. The Morgan fingerprint density at radius 2 is 2.00 bits per heavy atom. The fraction of sp³-hybridized carbons (Fsp3) is 0. The number of aliphatic imine (C=N–C) groups is 1. The lowest BCUT2D eigenvalue weighted by Gasteiger charge is -2.01. The molecule has 2 nitrogen and oxygen atoms in total. The minimum Gasteiger partial charge on any atom is -0.323 e. The molecule has 3 rings (SSSR count). The highest BCUT2D eigenvalue weighted by Gasteiger charge is 2.02. The van der Waals surface area contributed by atoms with E-state index in [-0.39, 0.29) is 0 Å². The fourth-order valence-corrected chi connectivity index (χ4v) is 1.99. The number of aromatic nitrogens is 1. The summed E-state index contributed by atoms with van der Waals surface area (Å²) in [6, 6.07) is 8.44. The van der Waals surface area contributed by atoms with E-state index in [1.165, 1.54) is 16.5 Å². The van der Waals surface area contributed by atoms with Crippen LogP contribution in [0.1, 0.15) is 5.56 Å². The highest BCUT2D eigenvalue weighted by atomic mass is 14.9. The van der Waals surface area contributed by atoms with Gasteiger partial charge >= 0.3 is 0 Å². The van der Waals surface area contributed by atoms with Crippen molar-refractivity contribution in [2.24, 2.45) is 4.99 Å². The van der Waals surface area contributed by atoms with Gasteiger partial charge in [0.15, 0.2) is 0 Å². The quantitative estimate of drug-likeness (QED) is 0.643. The first-order chi connectivity index (χ1) is 8.45. The summed E-state index contributed by atoms with van der Waals surface area (Å²) in [6.45, 7) is 0. The number of benzene rings is 1. The van der Waals surface area contributed by atoms with Crippen LogP contribution in [0.5, 0.6) is 0 Å². The van der Waals surface area contributed by atoms with Crippen molar-refractivity contribution in [3.05, 3.63) is 60.5 Å². The molecule has 82 valence electrons. The smallest absolute Gasteiger partial charge is 0.0594 e. The highest BCUT2D eigenvalue weighted by Crippen LogP contribution is 2.21. The summed E-state index contributed by atoms with van der Waals surface area (Å²) in [5.41, 5.74) is 2.43. The number of allylic oxidation sites excluding steroid dienone is 3. The standard InChI is InChI=1S/C15H12N2/c1-2-11-17-12-8-14-6-3-5-13(15(14)17)7-4-10-16-9-1/h1-12H. The van der Waals surface area contributed by atoms with Crippen molar-refractivity contribution in [1.82, 2.24) is 4.57 Å². The number of nitrogens with zero attached hydrogens (tertiary/aromatic N) is 2. The van der Waals surface area contributed by atoms with Crippen LogP contribution in [0.3, 0.4) is 0 Å². The SMILES string of the molecule is C1=CN=CC=Cc2cccc3ccn(c23)C=C1. The van der Waals surface area contributed by atoms with Crippen LogP contribution in [0.2, 0.25) is 0 Å². The molecule has 0 N–H and O–H groups in total. The fourth-order valence-electron chi connectivity index (χ4n) is 1.99. The molecule has 1 aromatic carbocycles. The Hall–Kier alpha value is -2.35. The Kier molecular flexibility index (Phi) is 2.47. The normalized spacial score (nSPS) is 14.1. The zero-order valence-electron chi connectivity index (χ0n) is 9.32. The first kappa shape index (κ1) is 9.85. The monoisotopic (exact) mass is 220 g/mol. The second kappa shape index (κ2) is 4.26. The van der Waals surface area contributed by atoms with E-state index in [4.69, 9.17) is 0 Å². The van der Waals surface area contributed by atoms with Crippen LogP contribution in [0.4, 0.5) is 0 Å². The molecule has 0 amide bonds. The number of hydrogen-bond donors (Lipinski definition) is 0. The molecule has 1 aliphatic heterocycles. The molecule has 0 unspecified atom stereocenters. The van der Waals surface area contributed by atoms with Crippen molar-refractivity contribution in [3.63, 3.8) is 0 Å². The Bertz CT molecular complexity index is 655. The average Bonchev–Trinajstić information content (AvgIpc) is 2.74. The molecule has 0 spiro atoms. The van der Waals surface area contributed by atoms with Gasteiger partial charge in [0, 0.05) is 30.2 Å². The van der Waals surface area contributed by atoms with Gasteiger partial charge in [-0.15, -0.1) is 0 Å². The van der Waals surface area contributed by atoms with Crippen LogP contribution in [-0.2, 0) is 0 Å². The van der Waals surface area contributed by atoms with Crippen molar-refractivity contribution in [2.45, 2.75) is 0 Å². The Morgan fingerprint density at radius 3 is 3.00 bits per heavy atom. The van der Waals surface area contributed by atoms with Gasteiger partial charge < -0.3 is 4.57 Å². The first-order valence-electron chi connectivity index (χ1n) is 5.58. The summed E-state index contributed by atoms with van der Waals surface area (Å²) in [7, 11) is 0. The predicted octanol–water partition coefficient (Wildman–Crippen LogP) is 3.72. The van der Waals surface area contributed by atoms with Gasteiger partial charge in [0.05, 0.1) is 5.52 Å². The van der Waals surface area contributed by atoms with Crippen molar-refractivity contribution >= 4 is 29.4 Å². The minimum absolute atomic E-state index is 1.20. The minimum atomic E-state index is 1.20. The van der Waals surface area contributed by atoms with Gasteiger partial charge in [-0.3, -0.25) is 4.99 Å². The van der Waals surface area contributed by atoms with Gasteiger partial charge in [-0.2, -0.15) is 0 Å².